The second kappa shape index (κ2) is 5.92. The average Bonchev–Trinajstić information content (AvgIpc) is 2.77. The van der Waals surface area contributed by atoms with E-state index in [4.69, 9.17) is 9.72 Å². The first-order valence-corrected chi connectivity index (χ1v) is 7.62. The Kier molecular flexibility index (Phi) is 4.01. The number of fused-ring (bicyclic) bond motifs is 1. The molecule has 1 aliphatic rings. The van der Waals surface area contributed by atoms with E-state index in [0.29, 0.717) is 11.8 Å². The molecule has 1 saturated heterocycles. The smallest absolute Gasteiger partial charge is 0.159 e. The lowest BCUT2D eigenvalue weighted by atomic mass is 10.00. The summed E-state index contributed by atoms with van der Waals surface area (Å²) in [6.45, 7) is 7.30. The van der Waals surface area contributed by atoms with Gasteiger partial charge in [0.2, 0.25) is 0 Å². The van der Waals surface area contributed by atoms with E-state index in [-0.39, 0.29) is 0 Å². The number of nitrogens with zero attached hydrogens (tertiary/aromatic N) is 3. The Balaban J connectivity index is 1.92. The molecule has 3 rings (SSSR count). The Morgan fingerprint density at radius 2 is 2.15 bits per heavy atom. The molecule has 2 aromatic heterocycles. The zero-order valence-electron chi connectivity index (χ0n) is 12.4. The van der Waals surface area contributed by atoms with Crippen LogP contribution in [-0.2, 0) is 17.7 Å². The highest BCUT2D eigenvalue weighted by molar-refractivity contribution is 5.71. The fourth-order valence-corrected chi connectivity index (χ4v) is 2.91. The molecule has 20 heavy (non-hydrogen) atoms. The van der Waals surface area contributed by atoms with Gasteiger partial charge < -0.3 is 9.30 Å². The highest BCUT2D eigenvalue weighted by Crippen LogP contribution is 2.22. The molecule has 0 bridgehead atoms. The van der Waals surface area contributed by atoms with Gasteiger partial charge in [-0.25, -0.2) is 9.97 Å². The lowest BCUT2D eigenvalue weighted by molar-refractivity contribution is 0.0612. The third kappa shape index (κ3) is 2.85. The molecule has 0 N–H and O–H groups in total. The van der Waals surface area contributed by atoms with Crippen molar-refractivity contribution >= 4 is 11.2 Å². The van der Waals surface area contributed by atoms with Crippen LogP contribution in [0.3, 0.4) is 0 Å². The Morgan fingerprint density at radius 3 is 2.90 bits per heavy atom. The van der Waals surface area contributed by atoms with E-state index in [2.05, 4.69) is 29.5 Å². The van der Waals surface area contributed by atoms with E-state index >= 15 is 0 Å². The molecular weight excluding hydrogens is 250 g/mol. The fraction of sp³-hybridized carbons (Fsp3) is 0.625. The molecule has 4 heteroatoms. The Labute approximate surface area is 120 Å². The monoisotopic (exact) mass is 273 g/mol. The highest BCUT2D eigenvalue weighted by atomic mass is 16.5. The average molecular weight is 273 g/mol. The van der Waals surface area contributed by atoms with E-state index in [1.165, 1.54) is 5.82 Å². The molecule has 1 fully saturated rings. The van der Waals surface area contributed by atoms with Gasteiger partial charge in [0, 0.05) is 32.4 Å². The molecule has 2 aromatic rings. The van der Waals surface area contributed by atoms with Crippen molar-refractivity contribution < 1.29 is 4.74 Å². The quantitative estimate of drug-likeness (QED) is 0.859. The van der Waals surface area contributed by atoms with E-state index in [1.807, 2.05) is 12.3 Å². The number of aromatic nitrogens is 3. The van der Waals surface area contributed by atoms with Crippen LogP contribution < -0.4 is 0 Å². The second-order valence-electron chi connectivity index (χ2n) is 6.14. The molecule has 0 saturated carbocycles. The van der Waals surface area contributed by atoms with Crippen LogP contribution in [0.1, 0.15) is 32.5 Å². The fourth-order valence-electron chi connectivity index (χ4n) is 2.91. The van der Waals surface area contributed by atoms with E-state index < -0.39 is 0 Å². The molecule has 0 spiro atoms. The predicted octanol–water partition coefficient (Wildman–Crippen LogP) is 3.06. The van der Waals surface area contributed by atoms with Crippen molar-refractivity contribution in [2.75, 3.05) is 13.2 Å². The third-order valence-corrected chi connectivity index (χ3v) is 3.96. The summed E-state index contributed by atoms with van der Waals surface area (Å²) in [7, 11) is 0. The molecular formula is C16H23N3O. The van der Waals surface area contributed by atoms with Crippen LogP contribution in [0.2, 0.25) is 0 Å². The van der Waals surface area contributed by atoms with E-state index in [1.54, 1.807) is 0 Å². The number of pyridine rings is 1. The first-order valence-electron chi connectivity index (χ1n) is 7.62. The normalized spacial score (nSPS) is 17.1. The van der Waals surface area contributed by atoms with Crippen LogP contribution >= 0.6 is 0 Å². The van der Waals surface area contributed by atoms with Crippen LogP contribution in [0, 0.1) is 11.8 Å². The topological polar surface area (TPSA) is 39.9 Å². The summed E-state index contributed by atoms with van der Waals surface area (Å²) in [5, 5.41) is 0. The van der Waals surface area contributed by atoms with Gasteiger partial charge >= 0.3 is 0 Å². The van der Waals surface area contributed by atoms with Gasteiger partial charge in [0.25, 0.3) is 0 Å². The summed E-state index contributed by atoms with van der Waals surface area (Å²) in [5.41, 5.74) is 2.06. The standard InChI is InChI=1S/C16H23N3O/c1-12(2)10-15-18-14-4-3-7-17-16(14)19(15)11-13-5-8-20-9-6-13/h3-4,7,12-13H,5-6,8-11H2,1-2H3. The van der Waals surface area contributed by atoms with Gasteiger partial charge in [-0.3, -0.25) is 0 Å². The van der Waals surface area contributed by atoms with Gasteiger partial charge in [-0.1, -0.05) is 13.8 Å². The molecule has 0 atom stereocenters. The molecule has 0 amide bonds. The Bertz CT molecular complexity index is 570. The summed E-state index contributed by atoms with van der Waals surface area (Å²) in [5.74, 6) is 2.48. The predicted molar refractivity (Wildman–Crippen MR) is 79.6 cm³/mol. The van der Waals surface area contributed by atoms with Gasteiger partial charge in [0.05, 0.1) is 0 Å². The number of ether oxygens (including phenoxy) is 1. The minimum absolute atomic E-state index is 0.611. The molecule has 0 aliphatic carbocycles. The molecule has 0 radical (unpaired) electrons. The van der Waals surface area contributed by atoms with Crippen molar-refractivity contribution in [1.29, 1.82) is 0 Å². The second-order valence-corrected chi connectivity index (χ2v) is 6.14. The van der Waals surface area contributed by atoms with Gasteiger partial charge in [-0.2, -0.15) is 0 Å². The van der Waals surface area contributed by atoms with Crippen LogP contribution in [0.4, 0.5) is 0 Å². The highest BCUT2D eigenvalue weighted by Gasteiger charge is 2.19. The summed E-state index contributed by atoms with van der Waals surface area (Å²) in [4.78, 5) is 9.33. The summed E-state index contributed by atoms with van der Waals surface area (Å²) in [6.07, 6.45) is 5.17. The van der Waals surface area contributed by atoms with Crippen LogP contribution in [0.25, 0.3) is 11.2 Å². The number of hydrogen-bond acceptors (Lipinski definition) is 3. The number of rotatable bonds is 4. The van der Waals surface area contributed by atoms with Crippen molar-refractivity contribution in [3.63, 3.8) is 0 Å². The summed E-state index contributed by atoms with van der Waals surface area (Å²) in [6, 6.07) is 4.03. The number of imidazole rings is 1. The van der Waals surface area contributed by atoms with Crippen molar-refractivity contribution in [2.24, 2.45) is 11.8 Å². The first-order chi connectivity index (χ1) is 9.74. The Morgan fingerprint density at radius 1 is 1.35 bits per heavy atom. The molecule has 108 valence electrons. The van der Waals surface area contributed by atoms with Crippen LogP contribution in [0.15, 0.2) is 18.3 Å². The van der Waals surface area contributed by atoms with Crippen LogP contribution in [0.5, 0.6) is 0 Å². The maximum atomic E-state index is 5.46. The molecule has 4 nitrogen and oxygen atoms in total. The lowest BCUT2D eigenvalue weighted by Gasteiger charge is -2.23. The molecule has 3 heterocycles. The van der Waals surface area contributed by atoms with Crippen LogP contribution in [-0.4, -0.2) is 27.7 Å². The third-order valence-electron chi connectivity index (χ3n) is 3.96. The summed E-state index contributed by atoms with van der Waals surface area (Å²) < 4.78 is 7.80. The van der Waals surface area contributed by atoms with Gasteiger partial charge in [-0.15, -0.1) is 0 Å². The maximum absolute atomic E-state index is 5.46. The lowest BCUT2D eigenvalue weighted by Crippen LogP contribution is -2.21. The summed E-state index contributed by atoms with van der Waals surface area (Å²) >= 11 is 0. The largest absolute Gasteiger partial charge is 0.381 e. The first kappa shape index (κ1) is 13.6. The molecule has 0 aromatic carbocycles. The van der Waals surface area contributed by atoms with Gasteiger partial charge in [-0.05, 0) is 36.8 Å². The van der Waals surface area contributed by atoms with E-state index in [0.717, 1.165) is 50.2 Å². The van der Waals surface area contributed by atoms with Crippen molar-refractivity contribution in [2.45, 2.75) is 39.7 Å². The van der Waals surface area contributed by atoms with Crippen molar-refractivity contribution in [3.05, 3.63) is 24.2 Å². The SMILES string of the molecule is CC(C)Cc1nc2cccnc2n1CC1CCOCC1. The Hall–Kier alpha value is -1.42. The molecule has 0 unspecified atom stereocenters. The van der Waals surface area contributed by atoms with E-state index in [9.17, 15) is 0 Å². The zero-order valence-corrected chi connectivity index (χ0v) is 12.4. The minimum atomic E-state index is 0.611. The maximum Gasteiger partial charge on any atom is 0.159 e. The van der Waals surface area contributed by atoms with Gasteiger partial charge in [0.1, 0.15) is 11.3 Å². The van der Waals surface area contributed by atoms with Gasteiger partial charge in [0.15, 0.2) is 5.65 Å². The van der Waals surface area contributed by atoms with Crippen molar-refractivity contribution in [3.8, 4) is 0 Å². The zero-order chi connectivity index (χ0) is 13.9. The minimum Gasteiger partial charge on any atom is -0.381 e. The molecule has 1 aliphatic heterocycles. The van der Waals surface area contributed by atoms with Crippen molar-refractivity contribution in [1.82, 2.24) is 14.5 Å². The number of hydrogen-bond donors (Lipinski definition) is 0.